The third-order valence-corrected chi connectivity index (χ3v) is 5.79. The zero-order valence-electron chi connectivity index (χ0n) is 16.5. The summed E-state index contributed by atoms with van der Waals surface area (Å²) in [5.74, 6) is -1.38. The van der Waals surface area contributed by atoms with Gasteiger partial charge in [-0.3, -0.25) is 24.1 Å². The van der Waals surface area contributed by atoms with Crippen molar-refractivity contribution in [2.24, 2.45) is 5.41 Å². The molecule has 7 heteroatoms. The van der Waals surface area contributed by atoms with Crippen LogP contribution in [0.2, 0.25) is 0 Å². The number of nitrogens with one attached hydrogen (secondary N) is 2. The van der Waals surface area contributed by atoms with Crippen LogP contribution in [0.4, 0.5) is 5.69 Å². The average molecular weight is 385 g/mol. The molecule has 150 valence electrons. The molecular formula is C21H27N3O4. The van der Waals surface area contributed by atoms with E-state index in [1.54, 1.807) is 0 Å². The zero-order chi connectivity index (χ0) is 20.3. The maximum absolute atomic E-state index is 12.7. The molecule has 2 fully saturated rings. The normalized spacial score (nSPS) is 18.4. The van der Waals surface area contributed by atoms with Gasteiger partial charge in [-0.05, 0) is 37.8 Å². The average Bonchev–Trinajstić information content (AvgIpc) is 2.88. The Hall–Kier alpha value is -2.70. The summed E-state index contributed by atoms with van der Waals surface area (Å²) >= 11 is 0. The van der Waals surface area contributed by atoms with Crippen molar-refractivity contribution in [1.82, 2.24) is 10.2 Å². The number of imide groups is 1. The highest BCUT2D eigenvalue weighted by molar-refractivity contribution is 6.08. The van der Waals surface area contributed by atoms with Gasteiger partial charge in [0.1, 0.15) is 6.54 Å². The predicted octanol–water partition coefficient (Wildman–Crippen LogP) is 2.07. The number of nitrogens with zero attached hydrogens (tertiary/aromatic N) is 1. The molecule has 1 aliphatic carbocycles. The minimum Gasteiger partial charge on any atom is -0.345 e. The van der Waals surface area contributed by atoms with Gasteiger partial charge in [0.25, 0.3) is 0 Å². The summed E-state index contributed by atoms with van der Waals surface area (Å²) in [4.78, 5) is 50.5. The Labute approximate surface area is 164 Å². The van der Waals surface area contributed by atoms with E-state index in [9.17, 15) is 19.2 Å². The molecule has 4 amide bonds. The molecule has 1 aromatic carbocycles. The quantitative estimate of drug-likeness (QED) is 0.759. The van der Waals surface area contributed by atoms with E-state index < -0.39 is 11.3 Å². The van der Waals surface area contributed by atoms with Gasteiger partial charge in [0.15, 0.2) is 0 Å². The molecule has 0 unspecified atom stereocenters. The molecule has 0 aromatic heterocycles. The minimum absolute atomic E-state index is 0.201. The van der Waals surface area contributed by atoms with Gasteiger partial charge in [-0.25, -0.2) is 0 Å². The largest absolute Gasteiger partial charge is 0.345 e. The maximum Gasteiger partial charge on any atom is 0.243 e. The van der Waals surface area contributed by atoms with Crippen LogP contribution in [0.3, 0.4) is 0 Å². The Morgan fingerprint density at radius 2 is 1.68 bits per heavy atom. The summed E-state index contributed by atoms with van der Waals surface area (Å²) < 4.78 is 0. The first-order valence-electron chi connectivity index (χ1n) is 9.80. The number of hydrogen-bond donors (Lipinski definition) is 2. The molecule has 1 saturated carbocycles. The van der Waals surface area contributed by atoms with E-state index in [0.717, 1.165) is 41.0 Å². The van der Waals surface area contributed by atoms with Crippen LogP contribution in [0.5, 0.6) is 0 Å². The third kappa shape index (κ3) is 4.08. The van der Waals surface area contributed by atoms with Crippen molar-refractivity contribution in [3.05, 3.63) is 29.3 Å². The number of benzene rings is 1. The topological polar surface area (TPSA) is 95.6 Å². The maximum atomic E-state index is 12.7. The molecule has 1 spiro atoms. The molecule has 2 aliphatic rings. The van der Waals surface area contributed by atoms with Crippen LogP contribution in [-0.4, -0.2) is 41.6 Å². The molecule has 3 rings (SSSR count). The van der Waals surface area contributed by atoms with Crippen molar-refractivity contribution in [2.75, 3.05) is 18.4 Å². The molecule has 1 aliphatic heterocycles. The molecule has 7 nitrogen and oxygen atoms in total. The van der Waals surface area contributed by atoms with E-state index in [-0.39, 0.29) is 37.2 Å². The molecule has 2 N–H and O–H groups in total. The molecule has 1 saturated heterocycles. The summed E-state index contributed by atoms with van der Waals surface area (Å²) in [6.45, 7) is 3.25. The van der Waals surface area contributed by atoms with E-state index in [0.29, 0.717) is 12.8 Å². The van der Waals surface area contributed by atoms with E-state index >= 15 is 0 Å². The van der Waals surface area contributed by atoms with Gasteiger partial charge in [-0.2, -0.15) is 0 Å². The van der Waals surface area contributed by atoms with Crippen molar-refractivity contribution < 1.29 is 19.2 Å². The first-order chi connectivity index (χ1) is 13.3. The van der Waals surface area contributed by atoms with E-state index in [1.165, 1.54) is 0 Å². The molecule has 28 heavy (non-hydrogen) atoms. The van der Waals surface area contributed by atoms with E-state index in [2.05, 4.69) is 10.6 Å². The molecule has 0 bridgehead atoms. The lowest BCUT2D eigenvalue weighted by molar-refractivity contribution is -0.145. The molecule has 0 atom stereocenters. The predicted molar refractivity (Wildman–Crippen MR) is 104 cm³/mol. The number of likely N-dealkylation sites (tertiary alicyclic amines) is 1. The Morgan fingerprint density at radius 1 is 1.04 bits per heavy atom. The second-order valence-electron chi connectivity index (χ2n) is 7.89. The van der Waals surface area contributed by atoms with Crippen molar-refractivity contribution in [3.63, 3.8) is 0 Å². The van der Waals surface area contributed by atoms with Crippen LogP contribution in [0, 0.1) is 19.3 Å². The van der Waals surface area contributed by atoms with Crippen molar-refractivity contribution in [3.8, 4) is 0 Å². The fourth-order valence-electron chi connectivity index (χ4n) is 4.21. The summed E-state index contributed by atoms with van der Waals surface area (Å²) in [6, 6.07) is 5.70. The Morgan fingerprint density at radius 3 is 2.32 bits per heavy atom. The lowest BCUT2D eigenvalue weighted by Crippen LogP contribution is -2.44. The van der Waals surface area contributed by atoms with Gasteiger partial charge < -0.3 is 10.6 Å². The van der Waals surface area contributed by atoms with Crippen LogP contribution in [0.1, 0.15) is 49.7 Å². The number of rotatable bonds is 5. The lowest BCUT2D eigenvalue weighted by Gasteiger charge is -2.30. The Kier molecular flexibility index (Phi) is 5.82. The summed E-state index contributed by atoms with van der Waals surface area (Å²) in [7, 11) is 0. The SMILES string of the molecule is Cc1cccc(C)c1NC(=O)CNC(=O)CN1C(=O)CC2(CCCCC2)C1=O. The Balaban J connectivity index is 1.52. The summed E-state index contributed by atoms with van der Waals surface area (Å²) in [5, 5.41) is 5.29. The molecule has 0 radical (unpaired) electrons. The second-order valence-corrected chi connectivity index (χ2v) is 7.89. The first-order valence-corrected chi connectivity index (χ1v) is 9.80. The van der Waals surface area contributed by atoms with Crippen LogP contribution < -0.4 is 10.6 Å². The van der Waals surface area contributed by atoms with E-state index in [4.69, 9.17) is 0 Å². The standard InChI is InChI=1S/C21H27N3O4/c1-14-7-6-8-15(2)19(14)23-16(25)12-22-17(26)13-24-18(27)11-21(20(24)28)9-4-3-5-10-21/h6-8H,3-5,9-13H2,1-2H3,(H,22,26)(H,23,25). The van der Waals surface area contributed by atoms with Crippen molar-refractivity contribution >= 4 is 29.3 Å². The summed E-state index contributed by atoms with van der Waals surface area (Å²) in [6.07, 6.45) is 4.60. The smallest absolute Gasteiger partial charge is 0.243 e. The number of aryl methyl sites for hydroxylation is 2. The van der Waals surface area contributed by atoms with Gasteiger partial charge in [-0.15, -0.1) is 0 Å². The highest BCUT2D eigenvalue weighted by Crippen LogP contribution is 2.45. The van der Waals surface area contributed by atoms with Gasteiger partial charge in [0.05, 0.1) is 12.0 Å². The number of carbonyl (C=O) groups is 4. The number of amides is 4. The van der Waals surface area contributed by atoms with Crippen LogP contribution in [0.25, 0.3) is 0 Å². The number of para-hydroxylation sites is 1. The molecule has 1 aromatic rings. The van der Waals surface area contributed by atoms with Gasteiger partial charge in [-0.1, -0.05) is 37.5 Å². The van der Waals surface area contributed by atoms with Crippen molar-refractivity contribution in [2.45, 2.75) is 52.4 Å². The fraction of sp³-hybridized carbons (Fsp3) is 0.524. The van der Waals surface area contributed by atoms with Crippen LogP contribution in [-0.2, 0) is 19.2 Å². The first kappa shape index (κ1) is 20.0. The fourth-order valence-corrected chi connectivity index (χ4v) is 4.21. The van der Waals surface area contributed by atoms with Gasteiger partial charge in [0.2, 0.25) is 23.6 Å². The molecule has 1 heterocycles. The summed E-state index contributed by atoms with van der Waals surface area (Å²) in [5.41, 5.74) is 2.00. The number of hydrogen-bond acceptors (Lipinski definition) is 4. The van der Waals surface area contributed by atoms with Gasteiger partial charge >= 0.3 is 0 Å². The van der Waals surface area contributed by atoms with Crippen LogP contribution in [0.15, 0.2) is 18.2 Å². The third-order valence-electron chi connectivity index (χ3n) is 5.79. The number of carbonyl (C=O) groups excluding carboxylic acids is 4. The lowest BCUT2D eigenvalue weighted by atomic mass is 9.73. The van der Waals surface area contributed by atoms with Gasteiger partial charge in [0, 0.05) is 12.1 Å². The van der Waals surface area contributed by atoms with Crippen LogP contribution >= 0.6 is 0 Å². The molecular weight excluding hydrogens is 358 g/mol. The highest BCUT2D eigenvalue weighted by Gasteiger charge is 2.51. The van der Waals surface area contributed by atoms with Crippen molar-refractivity contribution in [1.29, 1.82) is 0 Å². The van der Waals surface area contributed by atoms with E-state index in [1.807, 2.05) is 32.0 Å². The Bertz CT molecular complexity index is 792. The minimum atomic E-state index is -0.602. The number of anilines is 1. The zero-order valence-corrected chi connectivity index (χ0v) is 16.5. The second kappa shape index (κ2) is 8.12. The highest BCUT2D eigenvalue weighted by atomic mass is 16.2. The monoisotopic (exact) mass is 385 g/mol.